The molecule has 282 valence electrons. The smallest absolute Gasteiger partial charge is 0.297 e. The quantitative estimate of drug-likeness (QED) is 0.0557. The highest BCUT2D eigenvalue weighted by Crippen LogP contribution is 2.13. The van der Waals surface area contributed by atoms with Crippen LogP contribution >= 0.6 is 11.6 Å². The SMILES string of the molecule is Cc1ccc(S(=O)(=O)OCCOCCOCCOCCOCCOCCOCCOCCOCCOCCOCCCCCCCl)cc1. The summed E-state index contributed by atoms with van der Waals surface area (Å²) >= 11 is 5.65. The molecule has 0 unspecified atom stereocenters. The molecule has 0 bridgehead atoms. The molecule has 0 aromatic heterocycles. The number of halogens is 1. The maximum Gasteiger partial charge on any atom is 0.297 e. The molecule has 0 fully saturated rings. The summed E-state index contributed by atoms with van der Waals surface area (Å²) in [7, 11) is -3.77. The Morgan fingerprint density at radius 1 is 0.417 bits per heavy atom. The van der Waals surface area contributed by atoms with E-state index in [0.29, 0.717) is 119 Å². The molecule has 48 heavy (non-hydrogen) atoms. The zero-order valence-corrected chi connectivity index (χ0v) is 30.4. The maximum absolute atomic E-state index is 12.1. The van der Waals surface area contributed by atoms with Crippen molar-refractivity contribution in [3.8, 4) is 0 Å². The Morgan fingerprint density at radius 3 is 1.04 bits per heavy atom. The molecule has 1 aromatic carbocycles. The molecule has 0 radical (unpaired) electrons. The van der Waals surface area contributed by atoms with Crippen molar-refractivity contribution in [2.75, 3.05) is 145 Å². The van der Waals surface area contributed by atoms with E-state index in [-0.39, 0.29) is 18.1 Å². The molecule has 0 aliphatic heterocycles. The van der Waals surface area contributed by atoms with Crippen molar-refractivity contribution >= 4 is 21.7 Å². The Labute approximate surface area is 293 Å². The van der Waals surface area contributed by atoms with Crippen molar-refractivity contribution in [1.29, 1.82) is 0 Å². The molecule has 0 amide bonds. The number of unbranched alkanes of at least 4 members (excludes halogenated alkanes) is 3. The van der Waals surface area contributed by atoms with Gasteiger partial charge >= 0.3 is 0 Å². The van der Waals surface area contributed by atoms with Crippen LogP contribution in [0.3, 0.4) is 0 Å². The topological polar surface area (TPSA) is 136 Å². The van der Waals surface area contributed by atoms with Crippen LogP contribution in [0.15, 0.2) is 29.2 Å². The molecular weight excluding hydrogens is 672 g/mol. The minimum atomic E-state index is -3.77. The number of aryl methyl sites for hydroxylation is 1. The summed E-state index contributed by atoms with van der Waals surface area (Å²) in [6.45, 7) is 11.5. The van der Waals surface area contributed by atoms with Gasteiger partial charge in [-0.1, -0.05) is 30.5 Å². The molecule has 0 saturated carbocycles. The van der Waals surface area contributed by atoms with Gasteiger partial charge in [0.25, 0.3) is 10.1 Å². The molecule has 13 nitrogen and oxygen atoms in total. The molecule has 15 heteroatoms. The van der Waals surface area contributed by atoms with E-state index in [1.54, 1.807) is 12.1 Å². The fourth-order valence-corrected chi connectivity index (χ4v) is 4.79. The average molecular weight is 731 g/mol. The molecule has 0 atom stereocenters. The van der Waals surface area contributed by atoms with E-state index >= 15 is 0 Å². The minimum absolute atomic E-state index is 0.0584. The van der Waals surface area contributed by atoms with Crippen LogP contribution in [0.2, 0.25) is 0 Å². The second-order valence-corrected chi connectivity index (χ2v) is 12.3. The summed E-state index contributed by atoms with van der Waals surface area (Å²) in [5.41, 5.74) is 0.976. The Balaban J connectivity index is 1.67. The molecular formula is C33H59ClO13S. The van der Waals surface area contributed by atoms with Crippen LogP contribution in [0.1, 0.15) is 31.2 Å². The van der Waals surface area contributed by atoms with Crippen LogP contribution in [0.4, 0.5) is 0 Å². The zero-order chi connectivity index (χ0) is 34.6. The van der Waals surface area contributed by atoms with Crippen LogP contribution in [0.25, 0.3) is 0 Å². The molecule has 1 rings (SSSR count). The second kappa shape index (κ2) is 34.5. The summed E-state index contributed by atoms with van der Waals surface area (Å²) in [4.78, 5) is 0.129. The predicted octanol–water partition coefficient (Wildman–Crippen LogP) is 3.67. The third-order valence-corrected chi connectivity index (χ3v) is 7.89. The third kappa shape index (κ3) is 29.9. The van der Waals surface area contributed by atoms with Gasteiger partial charge < -0.3 is 47.4 Å². The lowest BCUT2D eigenvalue weighted by Gasteiger charge is -2.09. The summed E-state index contributed by atoms with van der Waals surface area (Å²) in [5.74, 6) is 0.738. The molecule has 0 N–H and O–H groups in total. The fraction of sp³-hybridized carbons (Fsp3) is 0.818. The number of rotatable bonds is 38. The summed E-state index contributed by atoms with van der Waals surface area (Å²) in [6, 6.07) is 6.48. The van der Waals surface area contributed by atoms with Crippen LogP contribution in [-0.4, -0.2) is 153 Å². The van der Waals surface area contributed by atoms with E-state index in [9.17, 15) is 8.42 Å². The average Bonchev–Trinajstić information content (AvgIpc) is 3.08. The van der Waals surface area contributed by atoms with Crippen LogP contribution in [0.5, 0.6) is 0 Å². The molecule has 0 spiro atoms. The highest BCUT2D eigenvalue weighted by molar-refractivity contribution is 7.86. The first kappa shape index (κ1) is 45.0. The van der Waals surface area contributed by atoms with Gasteiger partial charge in [0.15, 0.2) is 0 Å². The normalized spacial score (nSPS) is 11.9. The van der Waals surface area contributed by atoms with Gasteiger partial charge in [-0.15, -0.1) is 11.6 Å². The first-order valence-electron chi connectivity index (χ1n) is 16.9. The van der Waals surface area contributed by atoms with Crippen molar-refractivity contribution in [2.24, 2.45) is 0 Å². The van der Waals surface area contributed by atoms with Gasteiger partial charge in [0.05, 0.1) is 137 Å². The monoisotopic (exact) mass is 730 g/mol. The summed E-state index contributed by atoms with van der Waals surface area (Å²) < 4.78 is 83.7. The molecule has 1 aromatic rings. The Kier molecular flexibility index (Phi) is 32.3. The van der Waals surface area contributed by atoms with Crippen LogP contribution < -0.4 is 0 Å². The lowest BCUT2D eigenvalue weighted by atomic mass is 10.2. The van der Waals surface area contributed by atoms with Gasteiger partial charge in [-0.3, -0.25) is 4.18 Å². The number of hydrogen-bond donors (Lipinski definition) is 0. The third-order valence-electron chi connectivity index (χ3n) is 6.30. The van der Waals surface area contributed by atoms with Crippen molar-refractivity contribution in [3.05, 3.63) is 29.8 Å². The second-order valence-electron chi connectivity index (χ2n) is 10.3. The number of hydrogen-bond acceptors (Lipinski definition) is 13. The van der Waals surface area contributed by atoms with Gasteiger partial charge in [-0.25, -0.2) is 0 Å². The lowest BCUT2D eigenvalue weighted by Crippen LogP contribution is -2.15. The van der Waals surface area contributed by atoms with Gasteiger partial charge in [0.2, 0.25) is 0 Å². The minimum Gasteiger partial charge on any atom is -0.379 e. The van der Waals surface area contributed by atoms with Crippen molar-refractivity contribution < 1.29 is 60.0 Å². The molecule has 0 saturated heterocycles. The number of ether oxygens (including phenoxy) is 10. The maximum atomic E-state index is 12.1. The molecule has 0 aliphatic carbocycles. The van der Waals surface area contributed by atoms with Gasteiger partial charge in [0, 0.05) is 12.5 Å². The Morgan fingerprint density at radius 2 is 0.708 bits per heavy atom. The van der Waals surface area contributed by atoms with Gasteiger partial charge in [-0.05, 0) is 31.9 Å². The standard InChI is InChI=1S/C33H59ClO13S/c1-32-6-8-33(9-7-32)48(35,36)47-31-30-46-29-28-45-27-26-44-25-24-43-23-22-42-21-20-41-19-18-40-17-16-39-15-14-38-13-12-37-11-5-3-2-4-10-34/h6-9H,2-5,10-31H2,1H3. The van der Waals surface area contributed by atoms with Gasteiger partial charge in [-0.2, -0.15) is 8.42 Å². The van der Waals surface area contributed by atoms with Crippen LogP contribution in [0, 0.1) is 6.92 Å². The van der Waals surface area contributed by atoms with E-state index in [1.807, 2.05) is 6.92 Å². The number of alkyl halides is 1. The predicted molar refractivity (Wildman–Crippen MR) is 182 cm³/mol. The Bertz CT molecular complexity index is 909. The Hall–Kier alpha value is -0.980. The fourth-order valence-electron chi connectivity index (χ4n) is 3.71. The van der Waals surface area contributed by atoms with Crippen molar-refractivity contribution in [3.63, 3.8) is 0 Å². The highest BCUT2D eigenvalue weighted by atomic mass is 35.5. The zero-order valence-electron chi connectivity index (χ0n) is 28.8. The highest BCUT2D eigenvalue weighted by Gasteiger charge is 2.14. The largest absolute Gasteiger partial charge is 0.379 e. The molecule has 0 aliphatic rings. The van der Waals surface area contributed by atoms with E-state index in [1.165, 1.54) is 12.1 Å². The van der Waals surface area contributed by atoms with E-state index in [2.05, 4.69) is 0 Å². The van der Waals surface area contributed by atoms with E-state index < -0.39 is 10.1 Å². The lowest BCUT2D eigenvalue weighted by molar-refractivity contribution is -0.0267. The van der Waals surface area contributed by atoms with E-state index in [0.717, 1.165) is 43.7 Å². The van der Waals surface area contributed by atoms with Gasteiger partial charge in [0.1, 0.15) is 0 Å². The van der Waals surface area contributed by atoms with Crippen molar-refractivity contribution in [1.82, 2.24) is 0 Å². The molecule has 0 heterocycles. The summed E-state index contributed by atoms with van der Waals surface area (Å²) in [6.07, 6.45) is 4.47. The summed E-state index contributed by atoms with van der Waals surface area (Å²) in [5, 5.41) is 0. The number of benzene rings is 1. The van der Waals surface area contributed by atoms with Crippen molar-refractivity contribution in [2.45, 2.75) is 37.5 Å². The van der Waals surface area contributed by atoms with E-state index in [4.69, 9.17) is 63.2 Å². The van der Waals surface area contributed by atoms with Crippen LogP contribution in [-0.2, 0) is 61.7 Å². The first-order valence-corrected chi connectivity index (χ1v) is 18.8. The first-order chi connectivity index (χ1) is 23.6.